The van der Waals surface area contributed by atoms with Gasteiger partial charge in [0.1, 0.15) is 0 Å². The first-order valence-electron chi connectivity index (χ1n) is 4.27. The van der Waals surface area contributed by atoms with Gasteiger partial charge in [0.25, 0.3) is 5.69 Å². The molecule has 1 aliphatic heterocycles. The monoisotopic (exact) mass is 211 g/mol. The van der Waals surface area contributed by atoms with E-state index in [0.717, 1.165) is 10.6 Å². The van der Waals surface area contributed by atoms with Crippen molar-refractivity contribution in [1.82, 2.24) is 0 Å². The molecule has 0 aliphatic carbocycles. The van der Waals surface area contributed by atoms with E-state index in [4.69, 9.17) is 0 Å². The van der Waals surface area contributed by atoms with Crippen molar-refractivity contribution in [3.63, 3.8) is 0 Å². The van der Waals surface area contributed by atoms with E-state index >= 15 is 0 Å². The molecule has 1 aliphatic rings. The fraction of sp³-hybridized carbons (Fsp3) is 0.333. The predicted octanol–water partition coefficient (Wildman–Crippen LogP) is 2.12. The molecule has 0 radical (unpaired) electrons. The molecule has 1 aromatic carbocycles. The first-order valence-corrected chi connectivity index (χ1v) is 5.26. The van der Waals surface area contributed by atoms with E-state index in [0.29, 0.717) is 12.0 Å². The van der Waals surface area contributed by atoms with Gasteiger partial charge < -0.3 is 5.11 Å². The summed E-state index contributed by atoms with van der Waals surface area (Å²) in [6.07, 6.45) is 0.116. The van der Waals surface area contributed by atoms with Gasteiger partial charge in [-0.25, -0.2) is 0 Å². The Balaban J connectivity index is 2.45. The van der Waals surface area contributed by atoms with Crippen molar-refractivity contribution in [1.29, 1.82) is 0 Å². The highest BCUT2D eigenvalue weighted by Crippen LogP contribution is 2.37. The summed E-state index contributed by atoms with van der Waals surface area (Å²) in [5.41, 5.74) is 0.737. The van der Waals surface area contributed by atoms with Gasteiger partial charge in [0, 0.05) is 28.3 Å². The maximum absolute atomic E-state index is 10.5. The zero-order chi connectivity index (χ0) is 10.1. The topological polar surface area (TPSA) is 63.4 Å². The van der Waals surface area contributed by atoms with Gasteiger partial charge in [0.05, 0.1) is 11.0 Å². The van der Waals surface area contributed by atoms with Crippen molar-refractivity contribution in [2.45, 2.75) is 17.4 Å². The van der Waals surface area contributed by atoms with Crippen LogP contribution in [0.15, 0.2) is 23.1 Å². The molecule has 0 spiro atoms. The smallest absolute Gasteiger partial charge is 0.269 e. The van der Waals surface area contributed by atoms with E-state index in [1.54, 1.807) is 17.8 Å². The minimum Gasteiger partial charge on any atom is -0.388 e. The number of aliphatic hydroxyl groups excluding tert-OH is 1. The molecule has 1 unspecified atom stereocenters. The molecule has 0 saturated heterocycles. The fourth-order valence-corrected chi connectivity index (χ4v) is 2.56. The third-order valence-electron chi connectivity index (χ3n) is 2.21. The summed E-state index contributed by atoms with van der Waals surface area (Å²) in [4.78, 5) is 11.0. The van der Waals surface area contributed by atoms with Crippen LogP contribution in [0.4, 0.5) is 5.69 Å². The van der Waals surface area contributed by atoms with Crippen LogP contribution < -0.4 is 0 Å². The molecule has 74 valence electrons. The van der Waals surface area contributed by atoms with E-state index in [-0.39, 0.29) is 5.69 Å². The van der Waals surface area contributed by atoms with Crippen LogP contribution in [0.2, 0.25) is 0 Å². The summed E-state index contributed by atoms with van der Waals surface area (Å²) in [6, 6.07) is 4.65. The van der Waals surface area contributed by atoms with Gasteiger partial charge >= 0.3 is 0 Å². The van der Waals surface area contributed by atoms with Crippen molar-refractivity contribution in [3.05, 3.63) is 33.9 Å². The molecule has 0 amide bonds. The van der Waals surface area contributed by atoms with Gasteiger partial charge in [-0.05, 0) is 12.5 Å². The van der Waals surface area contributed by atoms with Crippen LogP contribution in [-0.2, 0) is 0 Å². The summed E-state index contributed by atoms with van der Waals surface area (Å²) in [5.74, 6) is 0.867. The lowest BCUT2D eigenvalue weighted by Crippen LogP contribution is -2.06. The van der Waals surface area contributed by atoms with Gasteiger partial charge in [0.2, 0.25) is 0 Å². The highest BCUT2D eigenvalue weighted by atomic mass is 32.2. The molecule has 4 nitrogen and oxygen atoms in total. The van der Waals surface area contributed by atoms with Crippen LogP contribution in [0.25, 0.3) is 0 Å². The van der Waals surface area contributed by atoms with Crippen molar-refractivity contribution < 1.29 is 10.0 Å². The first-order chi connectivity index (χ1) is 6.68. The summed E-state index contributed by atoms with van der Waals surface area (Å²) >= 11 is 1.63. The SMILES string of the molecule is O=[N+]([O-])c1ccc2c(c1)C(O)CCS2. The van der Waals surface area contributed by atoms with Crippen LogP contribution in [0.5, 0.6) is 0 Å². The Morgan fingerprint density at radius 1 is 1.57 bits per heavy atom. The van der Waals surface area contributed by atoms with Gasteiger partial charge in [-0.2, -0.15) is 0 Å². The number of hydrogen-bond donors (Lipinski definition) is 1. The molecule has 1 heterocycles. The number of nitro benzene ring substituents is 1. The molecule has 1 atom stereocenters. The second-order valence-corrected chi connectivity index (χ2v) is 4.27. The maximum atomic E-state index is 10.5. The van der Waals surface area contributed by atoms with Crippen LogP contribution in [0, 0.1) is 10.1 Å². The normalized spacial score (nSPS) is 20.2. The molecule has 0 aromatic heterocycles. The molecule has 1 aromatic rings. The summed E-state index contributed by atoms with van der Waals surface area (Å²) < 4.78 is 0. The third kappa shape index (κ3) is 1.60. The number of aliphatic hydroxyl groups is 1. The average molecular weight is 211 g/mol. The van der Waals surface area contributed by atoms with Crippen LogP contribution in [-0.4, -0.2) is 15.8 Å². The third-order valence-corrected chi connectivity index (χ3v) is 3.33. The first kappa shape index (κ1) is 9.48. The fourth-order valence-electron chi connectivity index (χ4n) is 1.48. The number of nitro groups is 1. The Kier molecular flexibility index (Phi) is 2.43. The number of fused-ring (bicyclic) bond motifs is 1. The van der Waals surface area contributed by atoms with E-state index < -0.39 is 11.0 Å². The van der Waals surface area contributed by atoms with E-state index in [2.05, 4.69) is 0 Å². The lowest BCUT2D eigenvalue weighted by atomic mass is 10.1. The van der Waals surface area contributed by atoms with Gasteiger partial charge in [-0.3, -0.25) is 10.1 Å². The van der Waals surface area contributed by atoms with Gasteiger partial charge in [-0.15, -0.1) is 11.8 Å². The molecule has 14 heavy (non-hydrogen) atoms. The van der Waals surface area contributed by atoms with Crippen LogP contribution >= 0.6 is 11.8 Å². The maximum Gasteiger partial charge on any atom is 0.269 e. The largest absolute Gasteiger partial charge is 0.388 e. The van der Waals surface area contributed by atoms with Crippen molar-refractivity contribution >= 4 is 17.4 Å². The zero-order valence-corrected chi connectivity index (χ0v) is 8.16. The van der Waals surface area contributed by atoms with Gasteiger partial charge in [-0.1, -0.05) is 0 Å². The Labute approximate surface area is 85.1 Å². The Hall–Kier alpha value is -1.07. The second kappa shape index (κ2) is 3.59. The lowest BCUT2D eigenvalue weighted by Gasteiger charge is -2.19. The van der Waals surface area contributed by atoms with Crippen LogP contribution in [0.1, 0.15) is 18.1 Å². The molecule has 0 bridgehead atoms. The summed E-state index contributed by atoms with van der Waals surface area (Å²) in [7, 11) is 0. The molecule has 5 heteroatoms. The number of benzene rings is 1. The molecular weight excluding hydrogens is 202 g/mol. The Bertz CT molecular complexity index is 380. The molecule has 1 N–H and O–H groups in total. The number of nitrogens with zero attached hydrogens (tertiary/aromatic N) is 1. The highest BCUT2D eigenvalue weighted by molar-refractivity contribution is 7.99. The standard InChI is InChI=1S/C9H9NO3S/c11-8-3-4-14-9-2-1-6(10(12)13)5-7(8)9/h1-2,5,8,11H,3-4H2. The number of thioether (sulfide) groups is 1. The van der Waals surface area contributed by atoms with Crippen LogP contribution in [0.3, 0.4) is 0 Å². The Morgan fingerprint density at radius 3 is 3.07 bits per heavy atom. The molecule has 2 rings (SSSR count). The minimum absolute atomic E-state index is 0.0466. The zero-order valence-electron chi connectivity index (χ0n) is 7.34. The van der Waals surface area contributed by atoms with Crippen molar-refractivity contribution in [3.8, 4) is 0 Å². The predicted molar refractivity (Wildman–Crippen MR) is 53.4 cm³/mol. The molecule has 0 saturated carbocycles. The summed E-state index contributed by atoms with van der Waals surface area (Å²) in [5, 5.41) is 20.1. The molecular formula is C9H9NO3S. The average Bonchev–Trinajstić information content (AvgIpc) is 2.18. The summed E-state index contributed by atoms with van der Waals surface area (Å²) in [6.45, 7) is 0. The quantitative estimate of drug-likeness (QED) is 0.571. The van der Waals surface area contributed by atoms with E-state index in [9.17, 15) is 15.2 Å². The second-order valence-electron chi connectivity index (χ2n) is 3.13. The lowest BCUT2D eigenvalue weighted by molar-refractivity contribution is -0.385. The molecule has 0 fully saturated rings. The van der Waals surface area contributed by atoms with E-state index in [1.807, 2.05) is 0 Å². The van der Waals surface area contributed by atoms with Crippen molar-refractivity contribution in [2.24, 2.45) is 0 Å². The highest BCUT2D eigenvalue weighted by Gasteiger charge is 2.21. The number of hydrogen-bond acceptors (Lipinski definition) is 4. The van der Waals surface area contributed by atoms with Crippen molar-refractivity contribution in [2.75, 3.05) is 5.75 Å². The van der Waals surface area contributed by atoms with Gasteiger partial charge in [0.15, 0.2) is 0 Å². The Morgan fingerprint density at radius 2 is 2.36 bits per heavy atom. The number of rotatable bonds is 1. The minimum atomic E-state index is -0.550. The van der Waals surface area contributed by atoms with E-state index in [1.165, 1.54) is 12.1 Å². The number of non-ortho nitro benzene ring substituents is 1.